The van der Waals surface area contributed by atoms with E-state index in [4.69, 9.17) is 16.3 Å². The van der Waals surface area contributed by atoms with Gasteiger partial charge in [0.15, 0.2) is 9.84 Å². The Bertz CT molecular complexity index is 850. The molecule has 0 radical (unpaired) electrons. The third-order valence-corrected chi connectivity index (χ3v) is 5.23. The molecular formula is C18H20ClNO4S. The molecule has 0 heterocycles. The monoisotopic (exact) mass is 381 g/mol. The maximum absolute atomic E-state index is 12.3. The van der Waals surface area contributed by atoms with Crippen LogP contribution in [-0.4, -0.2) is 26.2 Å². The van der Waals surface area contributed by atoms with E-state index in [0.717, 1.165) is 0 Å². The van der Waals surface area contributed by atoms with E-state index >= 15 is 0 Å². The van der Waals surface area contributed by atoms with Crippen molar-refractivity contribution in [2.24, 2.45) is 0 Å². The molecule has 1 amide bonds. The highest BCUT2D eigenvalue weighted by Gasteiger charge is 2.17. The summed E-state index contributed by atoms with van der Waals surface area (Å²) in [6.07, 6.45) is -0.202. The van der Waals surface area contributed by atoms with E-state index in [1.807, 2.05) is 13.8 Å². The Balaban J connectivity index is 2.02. The number of carbonyl (C=O) groups is 1. The minimum atomic E-state index is -3.58. The number of hydrogen-bond donors (Lipinski definition) is 1. The normalized spacial score (nSPS) is 11.4. The summed E-state index contributed by atoms with van der Waals surface area (Å²) in [6, 6.07) is 13.0. The van der Waals surface area contributed by atoms with Crippen LogP contribution in [0.1, 0.15) is 20.3 Å². The minimum Gasteiger partial charge on any atom is -0.489 e. The van der Waals surface area contributed by atoms with Crippen LogP contribution in [0.15, 0.2) is 53.4 Å². The van der Waals surface area contributed by atoms with Crippen molar-refractivity contribution in [1.82, 2.24) is 0 Å². The average Bonchev–Trinajstić information content (AvgIpc) is 2.54. The molecule has 0 aliphatic heterocycles. The fourth-order valence-electron chi connectivity index (χ4n) is 2.14. The lowest BCUT2D eigenvalue weighted by atomic mass is 10.2. The summed E-state index contributed by atoms with van der Waals surface area (Å²) in [7, 11) is -3.58. The molecule has 0 atom stereocenters. The zero-order valence-electron chi connectivity index (χ0n) is 14.0. The van der Waals surface area contributed by atoms with Crippen LogP contribution >= 0.6 is 11.6 Å². The lowest BCUT2D eigenvalue weighted by molar-refractivity contribution is -0.115. The molecule has 0 bridgehead atoms. The molecular weight excluding hydrogens is 362 g/mol. The van der Waals surface area contributed by atoms with Gasteiger partial charge in [-0.25, -0.2) is 8.42 Å². The van der Waals surface area contributed by atoms with Gasteiger partial charge >= 0.3 is 0 Å². The maximum atomic E-state index is 12.3. The SMILES string of the molecule is CC(C)Oc1ccccc1NC(=O)CCS(=O)(=O)c1cccc(Cl)c1. The van der Waals surface area contributed by atoms with E-state index < -0.39 is 15.7 Å². The molecule has 0 aromatic heterocycles. The van der Waals surface area contributed by atoms with Crippen LogP contribution in [0.4, 0.5) is 5.69 Å². The average molecular weight is 382 g/mol. The molecule has 0 aliphatic rings. The molecule has 2 rings (SSSR count). The number of hydrogen-bond acceptors (Lipinski definition) is 4. The van der Waals surface area contributed by atoms with Crippen molar-refractivity contribution in [2.75, 3.05) is 11.1 Å². The van der Waals surface area contributed by atoms with Crippen LogP contribution < -0.4 is 10.1 Å². The second-order valence-corrected chi connectivity index (χ2v) is 8.28. The van der Waals surface area contributed by atoms with Gasteiger partial charge in [-0.1, -0.05) is 29.8 Å². The molecule has 0 unspecified atom stereocenters. The first-order valence-electron chi connectivity index (χ1n) is 7.82. The van der Waals surface area contributed by atoms with Crippen LogP contribution in [-0.2, 0) is 14.6 Å². The molecule has 1 N–H and O–H groups in total. The summed E-state index contributed by atoms with van der Waals surface area (Å²) in [4.78, 5) is 12.2. The third-order valence-electron chi connectivity index (χ3n) is 3.28. The van der Waals surface area contributed by atoms with Gasteiger partial charge in [-0.15, -0.1) is 0 Å². The van der Waals surface area contributed by atoms with Gasteiger partial charge in [0.05, 0.1) is 22.4 Å². The number of carbonyl (C=O) groups excluding carboxylic acids is 1. The highest BCUT2D eigenvalue weighted by molar-refractivity contribution is 7.91. The summed E-state index contributed by atoms with van der Waals surface area (Å²) < 4.78 is 30.2. The number of ether oxygens (including phenoxy) is 1. The summed E-state index contributed by atoms with van der Waals surface area (Å²) in [5.74, 6) is -0.152. The minimum absolute atomic E-state index is 0.0405. The first-order valence-corrected chi connectivity index (χ1v) is 9.85. The number of rotatable bonds is 7. The molecule has 25 heavy (non-hydrogen) atoms. The standard InChI is InChI=1S/C18H20ClNO4S/c1-13(2)24-17-9-4-3-8-16(17)20-18(21)10-11-25(22,23)15-7-5-6-14(19)12-15/h3-9,12-13H,10-11H2,1-2H3,(H,20,21). The Kier molecular flexibility index (Phi) is 6.45. The van der Waals surface area contributed by atoms with E-state index in [2.05, 4.69) is 5.32 Å². The second-order valence-electron chi connectivity index (χ2n) is 5.74. The zero-order valence-corrected chi connectivity index (χ0v) is 15.6. The molecule has 0 saturated carbocycles. The Morgan fingerprint density at radius 3 is 2.56 bits per heavy atom. The van der Waals surface area contributed by atoms with Crippen molar-refractivity contribution in [3.05, 3.63) is 53.6 Å². The number of halogens is 1. The third kappa shape index (κ3) is 5.76. The molecule has 7 heteroatoms. The molecule has 0 aliphatic carbocycles. The Morgan fingerprint density at radius 2 is 1.88 bits per heavy atom. The Labute approximate surface area is 152 Å². The molecule has 2 aromatic rings. The predicted octanol–water partition coefficient (Wildman–Crippen LogP) is 3.93. The first-order chi connectivity index (χ1) is 11.8. The highest BCUT2D eigenvalue weighted by Crippen LogP contribution is 2.25. The molecule has 134 valence electrons. The van der Waals surface area contributed by atoms with Crippen LogP contribution in [0.2, 0.25) is 5.02 Å². The van der Waals surface area contributed by atoms with Gasteiger partial charge in [0.1, 0.15) is 5.75 Å². The summed E-state index contributed by atoms with van der Waals surface area (Å²) in [6.45, 7) is 3.77. The smallest absolute Gasteiger partial charge is 0.225 e. The molecule has 0 spiro atoms. The molecule has 2 aromatic carbocycles. The topological polar surface area (TPSA) is 72.5 Å². The first kappa shape index (κ1) is 19.3. The van der Waals surface area contributed by atoms with E-state index in [-0.39, 0.29) is 23.2 Å². The van der Waals surface area contributed by atoms with Crippen molar-refractivity contribution in [1.29, 1.82) is 0 Å². The van der Waals surface area contributed by atoms with E-state index in [1.54, 1.807) is 36.4 Å². The Morgan fingerprint density at radius 1 is 1.16 bits per heavy atom. The van der Waals surface area contributed by atoms with Gasteiger partial charge in [-0.2, -0.15) is 0 Å². The second kappa shape index (κ2) is 8.36. The van der Waals surface area contributed by atoms with Crippen LogP contribution in [0.3, 0.4) is 0 Å². The zero-order chi connectivity index (χ0) is 18.4. The fraction of sp³-hybridized carbons (Fsp3) is 0.278. The van der Waals surface area contributed by atoms with E-state index in [0.29, 0.717) is 16.5 Å². The van der Waals surface area contributed by atoms with Gasteiger partial charge in [-0.3, -0.25) is 4.79 Å². The summed E-state index contributed by atoms with van der Waals surface area (Å²) >= 11 is 5.82. The van der Waals surface area contributed by atoms with Crippen LogP contribution in [0, 0.1) is 0 Å². The molecule has 0 saturated heterocycles. The number of sulfone groups is 1. The van der Waals surface area contributed by atoms with Crippen LogP contribution in [0.25, 0.3) is 0 Å². The van der Waals surface area contributed by atoms with Crippen LogP contribution in [0.5, 0.6) is 5.75 Å². The van der Waals surface area contributed by atoms with Gasteiger partial charge in [-0.05, 0) is 44.2 Å². The molecule has 0 fully saturated rings. The number of amides is 1. The van der Waals surface area contributed by atoms with E-state index in [1.165, 1.54) is 12.1 Å². The van der Waals surface area contributed by atoms with Crippen molar-refractivity contribution >= 4 is 33.0 Å². The molecule has 5 nitrogen and oxygen atoms in total. The maximum Gasteiger partial charge on any atom is 0.225 e. The predicted molar refractivity (Wildman–Crippen MR) is 99.0 cm³/mol. The summed E-state index contributed by atoms with van der Waals surface area (Å²) in [5, 5.41) is 3.04. The number of para-hydroxylation sites is 2. The van der Waals surface area contributed by atoms with Gasteiger partial charge in [0, 0.05) is 11.4 Å². The Hall–Kier alpha value is -2.05. The largest absolute Gasteiger partial charge is 0.489 e. The lowest BCUT2D eigenvalue weighted by Crippen LogP contribution is -2.18. The number of anilines is 1. The quantitative estimate of drug-likeness (QED) is 0.788. The van der Waals surface area contributed by atoms with Gasteiger partial charge in [0.25, 0.3) is 0 Å². The summed E-state index contributed by atoms with van der Waals surface area (Å²) in [5.41, 5.74) is 0.515. The van der Waals surface area contributed by atoms with Crippen molar-refractivity contribution in [3.63, 3.8) is 0 Å². The van der Waals surface area contributed by atoms with Crippen molar-refractivity contribution in [3.8, 4) is 5.75 Å². The van der Waals surface area contributed by atoms with Crippen molar-refractivity contribution in [2.45, 2.75) is 31.3 Å². The number of nitrogens with one attached hydrogen (secondary N) is 1. The van der Waals surface area contributed by atoms with Crippen molar-refractivity contribution < 1.29 is 17.9 Å². The van der Waals surface area contributed by atoms with E-state index in [9.17, 15) is 13.2 Å². The number of benzene rings is 2. The highest BCUT2D eigenvalue weighted by atomic mass is 35.5. The van der Waals surface area contributed by atoms with Gasteiger partial charge in [0.2, 0.25) is 5.91 Å². The lowest BCUT2D eigenvalue weighted by Gasteiger charge is -2.14. The fourth-order valence-corrected chi connectivity index (χ4v) is 3.68. The van der Waals surface area contributed by atoms with Gasteiger partial charge < -0.3 is 10.1 Å².